The van der Waals surface area contributed by atoms with Crippen LogP contribution in [0.5, 0.6) is 17.2 Å². The lowest BCUT2D eigenvalue weighted by atomic mass is 10.1. The van der Waals surface area contributed by atoms with Crippen LogP contribution in [-0.4, -0.2) is 41.5 Å². The fourth-order valence-electron chi connectivity index (χ4n) is 9.61. The molecule has 0 spiro atoms. The van der Waals surface area contributed by atoms with Crippen molar-refractivity contribution in [1.29, 1.82) is 0 Å². The zero-order chi connectivity index (χ0) is 53.0. The Kier molecular flexibility index (Phi) is 14.7. The van der Waals surface area contributed by atoms with Gasteiger partial charge in [-0.1, -0.05) is 128 Å². The molecule has 3 N–H and O–H groups in total. The first-order valence-electron chi connectivity index (χ1n) is 25.3. The Morgan fingerprint density at radius 2 is 0.658 bits per heavy atom. The van der Waals surface area contributed by atoms with Gasteiger partial charge in [0.05, 0.1) is 14.4 Å². The van der Waals surface area contributed by atoms with Gasteiger partial charge in [0.1, 0.15) is 16.7 Å². The minimum atomic E-state index is -0.412. The summed E-state index contributed by atoms with van der Waals surface area (Å²) in [6.07, 6.45) is 0. The van der Waals surface area contributed by atoms with E-state index in [9.17, 15) is 20.1 Å². The number of aromatic hydroxyl groups is 3. The maximum atomic E-state index is 12.7. The van der Waals surface area contributed by atoms with E-state index in [1.807, 2.05) is 182 Å². The highest BCUT2D eigenvalue weighted by atomic mass is 32.1. The molecule has 3 aromatic heterocycles. The largest absolute Gasteiger partial charge is 0.503 e. The molecule has 9 aromatic carbocycles. The Morgan fingerprint density at radius 1 is 0.368 bits per heavy atom. The van der Waals surface area contributed by atoms with Crippen molar-refractivity contribution in [2.75, 3.05) is 36.0 Å². The van der Waals surface area contributed by atoms with Crippen LogP contribution in [0.3, 0.4) is 0 Å². The maximum Gasteiger partial charge on any atom is 0.235 e. The van der Waals surface area contributed by atoms with Gasteiger partial charge in [0, 0.05) is 65.0 Å². The van der Waals surface area contributed by atoms with Crippen molar-refractivity contribution in [2.45, 2.75) is 27.7 Å². The van der Waals surface area contributed by atoms with Crippen molar-refractivity contribution in [3.8, 4) is 51.2 Å². The highest BCUT2D eigenvalue weighted by Gasteiger charge is 2.18. The minimum Gasteiger partial charge on any atom is -0.503 e. The average molecular weight is 1040 g/mol. The zero-order valence-electron chi connectivity index (χ0n) is 42.4. The molecule has 0 aliphatic rings. The molecule has 0 fully saturated rings. The maximum absolute atomic E-state index is 12.7. The first kappa shape index (κ1) is 50.7. The van der Waals surface area contributed by atoms with E-state index in [2.05, 4.69) is 37.5 Å². The Hall–Kier alpha value is -8.77. The molecule has 12 aromatic rings. The standard InChI is InChI=1S/C23H21NO3.C23H21NO2S.C19H12O2S/c1-3-24(4-2)18-11-9-15(10-12-18)23-22(26)21(25)19-13-16-7-5-6-8-17(16)14-20(19)27-23;1-3-24(4-2)18-11-9-15(10-12-18)22-21(25)23(27)19-13-16-7-5-6-8-17(16)14-20(19)26-22;20-17-18(12-6-2-1-3-7-12)21-16-11-14-9-5-4-8-13(14)10-15(16)19(17)22/h5-14,26H,3-4H2,1-2H3;5-14,25H,3-4H2,1-2H3;1-11,20H. The molecule has 3 heterocycles. The van der Waals surface area contributed by atoms with Gasteiger partial charge in [-0.15, -0.1) is 0 Å². The van der Waals surface area contributed by atoms with E-state index in [1.54, 1.807) is 6.07 Å². The molecule has 11 heteroatoms. The van der Waals surface area contributed by atoms with Crippen molar-refractivity contribution in [2.24, 2.45) is 0 Å². The van der Waals surface area contributed by atoms with Crippen LogP contribution in [0, 0.1) is 9.02 Å². The Morgan fingerprint density at radius 3 is 1.01 bits per heavy atom. The molecule has 0 bridgehead atoms. The third-order valence-corrected chi connectivity index (χ3v) is 14.6. The second-order valence-corrected chi connectivity index (χ2v) is 19.0. The topological polar surface area (TPSA) is 124 Å². The van der Waals surface area contributed by atoms with Crippen LogP contribution in [0.25, 0.3) is 99.2 Å². The van der Waals surface area contributed by atoms with Gasteiger partial charge in [-0.2, -0.15) is 0 Å². The molecule has 0 amide bonds. The summed E-state index contributed by atoms with van der Waals surface area (Å²) in [5.41, 5.74) is 5.95. The molecular formula is C65H54N2O7S2. The number of nitrogens with zero attached hydrogens (tertiary/aromatic N) is 2. The lowest BCUT2D eigenvalue weighted by Crippen LogP contribution is -2.21. The van der Waals surface area contributed by atoms with Crippen molar-refractivity contribution >= 4 is 101 Å². The van der Waals surface area contributed by atoms with Crippen LogP contribution in [-0.2, 0) is 0 Å². The lowest BCUT2D eigenvalue weighted by Gasteiger charge is -2.21. The van der Waals surface area contributed by atoms with Gasteiger partial charge in [0.25, 0.3) is 0 Å². The second kappa shape index (κ2) is 22.0. The van der Waals surface area contributed by atoms with Gasteiger partial charge in [-0.05, 0) is 145 Å². The highest BCUT2D eigenvalue weighted by Crippen LogP contribution is 2.39. The Labute approximate surface area is 449 Å². The van der Waals surface area contributed by atoms with E-state index < -0.39 is 5.43 Å². The molecule has 0 unspecified atom stereocenters. The summed E-state index contributed by atoms with van der Waals surface area (Å²) in [7, 11) is 0. The van der Waals surface area contributed by atoms with Gasteiger partial charge < -0.3 is 38.4 Å². The summed E-state index contributed by atoms with van der Waals surface area (Å²) in [6.45, 7) is 12.2. The third kappa shape index (κ3) is 9.98. The van der Waals surface area contributed by atoms with E-state index in [4.69, 9.17) is 37.7 Å². The fraction of sp³-hybridized carbons (Fsp3) is 0.123. The third-order valence-electron chi connectivity index (χ3n) is 13.8. The summed E-state index contributed by atoms with van der Waals surface area (Å²) in [5.74, 6) is 0.705. The fourth-order valence-corrected chi connectivity index (χ4v) is 10.1. The molecule has 0 atom stereocenters. The predicted molar refractivity (Wildman–Crippen MR) is 318 cm³/mol. The molecular weight excluding hydrogens is 985 g/mol. The van der Waals surface area contributed by atoms with Crippen molar-refractivity contribution in [3.05, 3.63) is 207 Å². The lowest BCUT2D eigenvalue weighted by molar-refractivity contribution is 0.449. The highest BCUT2D eigenvalue weighted by molar-refractivity contribution is 7.72. The molecule has 9 nitrogen and oxygen atoms in total. The van der Waals surface area contributed by atoms with E-state index in [0.717, 1.165) is 91.8 Å². The number of fused-ring (bicyclic) bond motifs is 6. The number of benzene rings is 9. The van der Waals surface area contributed by atoms with E-state index in [0.29, 0.717) is 48.2 Å². The van der Waals surface area contributed by atoms with Crippen LogP contribution in [0.2, 0.25) is 0 Å². The molecule has 0 aliphatic heterocycles. The van der Waals surface area contributed by atoms with Crippen LogP contribution < -0.4 is 15.2 Å². The summed E-state index contributed by atoms with van der Waals surface area (Å²) in [6, 6.07) is 60.6. The molecule has 0 aliphatic carbocycles. The van der Waals surface area contributed by atoms with Crippen LogP contribution in [0.1, 0.15) is 27.7 Å². The van der Waals surface area contributed by atoms with Gasteiger partial charge in [0.2, 0.25) is 11.2 Å². The molecule has 12 rings (SSSR count). The summed E-state index contributed by atoms with van der Waals surface area (Å²) in [4.78, 5) is 17.2. The number of hydrogen-bond acceptors (Lipinski definition) is 11. The summed E-state index contributed by atoms with van der Waals surface area (Å²) >= 11 is 11.0. The van der Waals surface area contributed by atoms with Gasteiger partial charge in [-0.25, -0.2) is 0 Å². The van der Waals surface area contributed by atoms with E-state index >= 15 is 0 Å². The monoisotopic (exact) mass is 1040 g/mol. The summed E-state index contributed by atoms with van der Waals surface area (Å²) < 4.78 is 18.8. The first-order valence-corrected chi connectivity index (χ1v) is 26.1. The number of anilines is 2. The number of rotatable bonds is 9. The van der Waals surface area contributed by atoms with Crippen molar-refractivity contribution < 1.29 is 28.6 Å². The van der Waals surface area contributed by atoms with E-state index in [1.165, 1.54) is 0 Å². The normalized spacial score (nSPS) is 11.2. The molecule has 76 heavy (non-hydrogen) atoms. The quantitative estimate of drug-likeness (QED) is 0.0946. The number of hydrogen-bond donors (Lipinski definition) is 3. The Bertz CT molecular complexity index is 4090. The minimum absolute atomic E-state index is 0.0170. The first-order chi connectivity index (χ1) is 37.0. The zero-order valence-corrected chi connectivity index (χ0v) is 44.0. The van der Waals surface area contributed by atoms with Crippen LogP contribution in [0.4, 0.5) is 11.4 Å². The second-order valence-electron chi connectivity index (χ2n) is 18.2. The average Bonchev–Trinajstić information content (AvgIpc) is 3.46. The molecule has 0 saturated heterocycles. The van der Waals surface area contributed by atoms with Crippen molar-refractivity contribution in [3.63, 3.8) is 0 Å². The SMILES string of the molecule is CCN(CC)c1ccc(-c2oc3cc4ccccc4cc3c(=O)c2O)cc1.CCN(CC)c1ccc(-c2oc3cc4ccccc4cc3c(=S)c2O)cc1.Oc1c(-c2ccccc2)oc2cc3ccccc3cc2c1=S. The van der Waals surface area contributed by atoms with E-state index in [-0.39, 0.29) is 23.0 Å². The van der Waals surface area contributed by atoms with Gasteiger partial charge >= 0.3 is 0 Å². The predicted octanol–water partition coefficient (Wildman–Crippen LogP) is 17.4. The Balaban J connectivity index is 0.000000130. The summed E-state index contributed by atoms with van der Waals surface area (Å²) in [5, 5.41) is 39.7. The molecule has 0 radical (unpaired) electrons. The smallest absolute Gasteiger partial charge is 0.235 e. The van der Waals surface area contributed by atoms with Crippen LogP contribution in [0.15, 0.2) is 206 Å². The van der Waals surface area contributed by atoms with Gasteiger partial charge in [-0.3, -0.25) is 4.79 Å². The van der Waals surface area contributed by atoms with Crippen molar-refractivity contribution in [1.82, 2.24) is 0 Å². The van der Waals surface area contributed by atoms with Gasteiger partial charge in [0.15, 0.2) is 28.8 Å². The molecule has 378 valence electrons. The van der Waals surface area contributed by atoms with Crippen LogP contribution >= 0.6 is 24.4 Å². The molecule has 0 saturated carbocycles.